The summed E-state index contributed by atoms with van der Waals surface area (Å²) in [4.78, 5) is 38.0. The largest absolute Gasteiger partial charge is 0.481 e. The number of carbonyl (C=O) groups is 3. The van der Waals surface area contributed by atoms with Gasteiger partial charge < -0.3 is 15.7 Å². The monoisotopic (exact) mass is 293 g/mol. The second kappa shape index (κ2) is 8.68. The Kier molecular flexibility index (Phi) is 6.86. The van der Waals surface area contributed by atoms with Crippen molar-refractivity contribution in [3.63, 3.8) is 0 Å². The number of carboxylic acid groups (broad SMARTS) is 1. The SMILES string of the molecule is CCC(NC(=O)c1cccnc1)C(=O)NCCCC(=O)O. The van der Waals surface area contributed by atoms with E-state index in [2.05, 4.69) is 15.6 Å². The molecule has 0 aliphatic carbocycles. The summed E-state index contributed by atoms with van der Waals surface area (Å²) >= 11 is 0. The maximum atomic E-state index is 11.9. The molecule has 21 heavy (non-hydrogen) atoms. The molecule has 0 aromatic carbocycles. The van der Waals surface area contributed by atoms with Crippen LogP contribution in [-0.2, 0) is 9.59 Å². The van der Waals surface area contributed by atoms with Crippen LogP contribution in [-0.4, -0.2) is 40.5 Å². The Hall–Kier alpha value is -2.44. The molecule has 0 spiro atoms. The molecular formula is C14H19N3O4. The van der Waals surface area contributed by atoms with Crippen molar-refractivity contribution in [2.45, 2.75) is 32.2 Å². The Bertz CT molecular complexity index is 490. The highest BCUT2D eigenvalue weighted by atomic mass is 16.4. The molecule has 1 rings (SSSR count). The lowest BCUT2D eigenvalue weighted by Gasteiger charge is -2.16. The van der Waals surface area contributed by atoms with Gasteiger partial charge in [-0.15, -0.1) is 0 Å². The first kappa shape index (κ1) is 16.6. The molecule has 2 amide bonds. The maximum absolute atomic E-state index is 11.9. The van der Waals surface area contributed by atoms with E-state index in [0.717, 1.165) is 0 Å². The van der Waals surface area contributed by atoms with Gasteiger partial charge in [0.2, 0.25) is 5.91 Å². The molecule has 7 nitrogen and oxygen atoms in total. The van der Waals surface area contributed by atoms with Crippen LogP contribution in [0.15, 0.2) is 24.5 Å². The number of hydrogen-bond donors (Lipinski definition) is 3. The molecule has 0 fully saturated rings. The van der Waals surface area contributed by atoms with E-state index in [1.54, 1.807) is 25.3 Å². The van der Waals surface area contributed by atoms with Gasteiger partial charge in [-0.05, 0) is 25.0 Å². The molecular weight excluding hydrogens is 274 g/mol. The molecule has 0 saturated heterocycles. The summed E-state index contributed by atoms with van der Waals surface area (Å²) in [5.74, 6) is -1.59. The van der Waals surface area contributed by atoms with Crippen LogP contribution in [0.1, 0.15) is 36.5 Å². The number of hydrogen-bond acceptors (Lipinski definition) is 4. The number of pyridine rings is 1. The van der Waals surface area contributed by atoms with Crippen LogP contribution in [0.3, 0.4) is 0 Å². The Balaban J connectivity index is 2.45. The summed E-state index contributed by atoms with van der Waals surface area (Å²) in [6.07, 6.45) is 3.78. The number of carbonyl (C=O) groups excluding carboxylic acids is 2. The third-order valence-corrected chi connectivity index (χ3v) is 2.82. The molecule has 7 heteroatoms. The number of nitrogens with one attached hydrogen (secondary N) is 2. The van der Waals surface area contributed by atoms with E-state index in [9.17, 15) is 14.4 Å². The first-order valence-electron chi connectivity index (χ1n) is 6.75. The Labute approximate surface area is 122 Å². The van der Waals surface area contributed by atoms with Gasteiger partial charge in [0.25, 0.3) is 5.91 Å². The highest BCUT2D eigenvalue weighted by Gasteiger charge is 2.19. The molecule has 0 aliphatic rings. The Morgan fingerprint density at radius 1 is 1.38 bits per heavy atom. The number of nitrogens with zero attached hydrogens (tertiary/aromatic N) is 1. The summed E-state index contributed by atoms with van der Waals surface area (Å²) in [7, 11) is 0. The average molecular weight is 293 g/mol. The second-order valence-electron chi connectivity index (χ2n) is 4.46. The van der Waals surface area contributed by atoms with Gasteiger partial charge in [0.05, 0.1) is 5.56 Å². The van der Waals surface area contributed by atoms with Gasteiger partial charge in [-0.1, -0.05) is 6.92 Å². The molecule has 114 valence electrons. The van der Waals surface area contributed by atoms with E-state index < -0.39 is 12.0 Å². The zero-order chi connectivity index (χ0) is 15.7. The molecule has 0 bridgehead atoms. The molecule has 0 radical (unpaired) electrons. The van der Waals surface area contributed by atoms with Crippen LogP contribution in [0.2, 0.25) is 0 Å². The quantitative estimate of drug-likeness (QED) is 0.607. The fourth-order valence-electron chi connectivity index (χ4n) is 1.67. The summed E-state index contributed by atoms with van der Waals surface area (Å²) in [6, 6.07) is 2.60. The number of rotatable bonds is 8. The van der Waals surface area contributed by atoms with Crippen LogP contribution in [0.5, 0.6) is 0 Å². The molecule has 1 heterocycles. The van der Waals surface area contributed by atoms with Gasteiger partial charge in [0.15, 0.2) is 0 Å². The van der Waals surface area contributed by atoms with Crippen molar-refractivity contribution >= 4 is 17.8 Å². The van der Waals surface area contributed by atoms with E-state index in [-0.39, 0.29) is 24.8 Å². The lowest BCUT2D eigenvalue weighted by molar-refractivity contribution is -0.137. The number of aliphatic carboxylic acids is 1. The van der Waals surface area contributed by atoms with Crippen molar-refractivity contribution < 1.29 is 19.5 Å². The molecule has 0 aliphatic heterocycles. The molecule has 3 N–H and O–H groups in total. The number of carboxylic acids is 1. The summed E-state index contributed by atoms with van der Waals surface area (Å²) in [5.41, 5.74) is 0.384. The number of amides is 2. The van der Waals surface area contributed by atoms with E-state index >= 15 is 0 Å². The van der Waals surface area contributed by atoms with Crippen molar-refractivity contribution in [1.82, 2.24) is 15.6 Å². The first-order valence-corrected chi connectivity index (χ1v) is 6.75. The van der Waals surface area contributed by atoms with Crippen molar-refractivity contribution in [1.29, 1.82) is 0 Å². The van der Waals surface area contributed by atoms with Crippen LogP contribution < -0.4 is 10.6 Å². The minimum atomic E-state index is -0.902. The number of aromatic nitrogens is 1. The molecule has 0 saturated carbocycles. The predicted octanol–water partition coefficient (Wildman–Crippen LogP) is 0.571. The van der Waals surface area contributed by atoms with Crippen molar-refractivity contribution in [3.8, 4) is 0 Å². The van der Waals surface area contributed by atoms with Crippen molar-refractivity contribution in [2.24, 2.45) is 0 Å². The topological polar surface area (TPSA) is 108 Å². The molecule has 1 atom stereocenters. The minimum absolute atomic E-state index is 0.000877. The third-order valence-electron chi connectivity index (χ3n) is 2.82. The summed E-state index contributed by atoms with van der Waals surface area (Å²) < 4.78 is 0. The summed E-state index contributed by atoms with van der Waals surface area (Å²) in [6.45, 7) is 2.05. The van der Waals surface area contributed by atoms with Crippen molar-refractivity contribution in [2.75, 3.05) is 6.54 Å². The van der Waals surface area contributed by atoms with Crippen LogP contribution in [0, 0.1) is 0 Å². The minimum Gasteiger partial charge on any atom is -0.481 e. The molecule has 1 unspecified atom stereocenters. The van der Waals surface area contributed by atoms with E-state index in [1.807, 2.05) is 0 Å². The Morgan fingerprint density at radius 3 is 2.71 bits per heavy atom. The van der Waals surface area contributed by atoms with E-state index in [4.69, 9.17) is 5.11 Å². The lowest BCUT2D eigenvalue weighted by atomic mass is 10.2. The van der Waals surface area contributed by atoms with Gasteiger partial charge in [0.1, 0.15) is 6.04 Å². The predicted molar refractivity (Wildman–Crippen MR) is 75.7 cm³/mol. The third kappa shape index (κ3) is 6.03. The standard InChI is InChI=1S/C14H19N3O4/c1-2-11(14(21)16-8-4-6-12(18)19)17-13(20)10-5-3-7-15-9-10/h3,5,7,9,11H,2,4,6,8H2,1H3,(H,16,21)(H,17,20)(H,18,19). The average Bonchev–Trinajstić information content (AvgIpc) is 2.49. The maximum Gasteiger partial charge on any atom is 0.303 e. The van der Waals surface area contributed by atoms with Gasteiger partial charge in [-0.2, -0.15) is 0 Å². The van der Waals surface area contributed by atoms with E-state index in [1.165, 1.54) is 6.20 Å². The highest BCUT2D eigenvalue weighted by molar-refractivity contribution is 5.97. The van der Waals surface area contributed by atoms with Crippen LogP contribution in [0.4, 0.5) is 0 Å². The molecule has 1 aromatic rings. The smallest absolute Gasteiger partial charge is 0.303 e. The normalized spacial score (nSPS) is 11.5. The lowest BCUT2D eigenvalue weighted by Crippen LogP contribution is -2.46. The van der Waals surface area contributed by atoms with E-state index in [0.29, 0.717) is 18.4 Å². The van der Waals surface area contributed by atoms with Gasteiger partial charge >= 0.3 is 5.97 Å². The zero-order valence-corrected chi connectivity index (χ0v) is 11.8. The van der Waals surface area contributed by atoms with Crippen LogP contribution >= 0.6 is 0 Å². The van der Waals surface area contributed by atoms with Gasteiger partial charge in [0, 0.05) is 25.4 Å². The highest BCUT2D eigenvalue weighted by Crippen LogP contribution is 1.99. The summed E-state index contributed by atoms with van der Waals surface area (Å²) in [5, 5.41) is 13.7. The Morgan fingerprint density at radius 2 is 2.14 bits per heavy atom. The van der Waals surface area contributed by atoms with Crippen LogP contribution in [0.25, 0.3) is 0 Å². The van der Waals surface area contributed by atoms with Gasteiger partial charge in [-0.3, -0.25) is 19.4 Å². The van der Waals surface area contributed by atoms with Gasteiger partial charge in [-0.25, -0.2) is 0 Å². The first-order chi connectivity index (χ1) is 10.0. The van der Waals surface area contributed by atoms with Crippen molar-refractivity contribution in [3.05, 3.63) is 30.1 Å². The fourth-order valence-corrected chi connectivity index (χ4v) is 1.67. The second-order valence-corrected chi connectivity index (χ2v) is 4.46. The zero-order valence-electron chi connectivity index (χ0n) is 11.8. The molecule has 1 aromatic heterocycles. The fraction of sp³-hybridized carbons (Fsp3) is 0.429.